The SMILES string of the molecule is CCOc1ccc(N2C(=O)CS[C@@H]2c2cccc(NS(=O)(=O)c3ccc(Br)cc3)c2)cc1. The standard InChI is InChI=1S/C23H21BrN2O4S2/c1-2-30-20-10-8-19(9-11-20)26-22(27)15-31-23(26)16-4-3-5-18(14-16)25-32(28,29)21-12-6-17(24)7-13-21/h3-14,23,25H,2,15H2,1H3/t23-/m1/s1. The van der Waals surface area contributed by atoms with E-state index < -0.39 is 10.0 Å². The van der Waals surface area contributed by atoms with E-state index in [1.54, 1.807) is 35.2 Å². The maximum absolute atomic E-state index is 12.8. The van der Waals surface area contributed by atoms with Crippen LogP contribution in [-0.2, 0) is 14.8 Å². The molecule has 4 rings (SSSR count). The zero-order valence-corrected chi connectivity index (χ0v) is 20.4. The van der Waals surface area contributed by atoms with Crippen molar-refractivity contribution in [2.24, 2.45) is 0 Å². The summed E-state index contributed by atoms with van der Waals surface area (Å²) in [5.74, 6) is 1.11. The van der Waals surface area contributed by atoms with Crippen LogP contribution < -0.4 is 14.4 Å². The van der Waals surface area contributed by atoms with Gasteiger partial charge in [-0.1, -0.05) is 28.1 Å². The predicted octanol–water partition coefficient (Wildman–Crippen LogP) is 5.43. The van der Waals surface area contributed by atoms with E-state index in [0.29, 0.717) is 18.0 Å². The molecule has 3 aromatic carbocycles. The number of carbonyl (C=O) groups is 1. The van der Waals surface area contributed by atoms with E-state index in [1.165, 1.54) is 23.9 Å². The second-order valence-corrected chi connectivity index (χ2v) is 10.7. The Hall–Kier alpha value is -2.49. The Morgan fingerprint density at radius 1 is 1.09 bits per heavy atom. The van der Waals surface area contributed by atoms with Crippen LogP contribution in [0, 0.1) is 0 Å². The summed E-state index contributed by atoms with van der Waals surface area (Å²) in [6, 6.07) is 21.0. The number of hydrogen-bond donors (Lipinski definition) is 1. The fraction of sp³-hybridized carbons (Fsp3) is 0.174. The van der Waals surface area contributed by atoms with Crippen LogP contribution in [0.4, 0.5) is 11.4 Å². The molecule has 1 aliphatic heterocycles. The third-order valence-corrected chi connectivity index (χ3v) is 7.98. The topological polar surface area (TPSA) is 75.7 Å². The normalized spacial score (nSPS) is 16.2. The molecule has 6 nitrogen and oxygen atoms in total. The third kappa shape index (κ3) is 4.95. The summed E-state index contributed by atoms with van der Waals surface area (Å²) in [5.41, 5.74) is 2.05. The molecule has 0 bridgehead atoms. The second-order valence-electron chi connectivity index (χ2n) is 7.04. The van der Waals surface area contributed by atoms with Crippen LogP contribution in [0.1, 0.15) is 17.9 Å². The van der Waals surface area contributed by atoms with Crippen molar-refractivity contribution in [3.8, 4) is 5.75 Å². The molecule has 0 radical (unpaired) electrons. The fourth-order valence-corrected chi connectivity index (χ4v) is 5.88. The first kappa shape index (κ1) is 22.7. The fourth-order valence-electron chi connectivity index (χ4n) is 3.40. The number of thioether (sulfide) groups is 1. The monoisotopic (exact) mass is 532 g/mol. The molecule has 32 heavy (non-hydrogen) atoms. The van der Waals surface area contributed by atoms with E-state index >= 15 is 0 Å². The van der Waals surface area contributed by atoms with Crippen LogP contribution in [0.5, 0.6) is 5.75 Å². The Kier molecular flexibility index (Phi) is 6.78. The number of nitrogens with one attached hydrogen (secondary N) is 1. The van der Waals surface area contributed by atoms with Gasteiger partial charge in [0.25, 0.3) is 10.0 Å². The first-order chi connectivity index (χ1) is 15.4. The van der Waals surface area contributed by atoms with Crippen molar-refractivity contribution in [2.75, 3.05) is 22.0 Å². The van der Waals surface area contributed by atoms with Gasteiger partial charge in [0.15, 0.2) is 0 Å². The van der Waals surface area contributed by atoms with E-state index in [1.807, 2.05) is 37.3 Å². The molecule has 1 N–H and O–H groups in total. The lowest BCUT2D eigenvalue weighted by atomic mass is 10.1. The number of rotatable bonds is 7. The molecule has 0 saturated carbocycles. The Bertz CT molecular complexity index is 1220. The number of benzene rings is 3. The largest absolute Gasteiger partial charge is 0.494 e. The maximum Gasteiger partial charge on any atom is 0.261 e. The number of ether oxygens (including phenoxy) is 1. The van der Waals surface area contributed by atoms with Gasteiger partial charge in [0.05, 0.1) is 17.3 Å². The summed E-state index contributed by atoms with van der Waals surface area (Å²) in [4.78, 5) is 14.6. The molecule has 0 spiro atoms. The van der Waals surface area contributed by atoms with E-state index in [9.17, 15) is 13.2 Å². The van der Waals surface area contributed by atoms with Gasteiger partial charge in [-0.3, -0.25) is 14.4 Å². The molecule has 0 aromatic heterocycles. The summed E-state index contributed by atoms with van der Waals surface area (Å²) in [7, 11) is -3.73. The van der Waals surface area contributed by atoms with E-state index in [-0.39, 0.29) is 16.2 Å². The molecule has 0 unspecified atom stereocenters. The molecule has 1 atom stereocenters. The minimum Gasteiger partial charge on any atom is -0.494 e. The molecule has 1 fully saturated rings. The summed E-state index contributed by atoms with van der Waals surface area (Å²) >= 11 is 4.82. The summed E-state index contributed by atoms with van der Waals surface area (Å²) in [5, 5.41) is -0.252. The van der Waals surface area contributed by atoms with Crippen molar-refractivity contribution >= 4 is 55.0 Å². The van der Waals surface area contributed by atoms with E-state index in [2.05, 4.69) is 20.7 Å². The molecule has 1 heterocycles. The highest BCUT2D eigenvalue weighted by Crippen LogP contribution is 2.42. The highest BCUT2D eigenvalue weighted by Gasteiger charge is 2.34. The molecule has 1 saturated heterocycles. The van der Waals surface area contributed by atoms with Gasteiger partial charge < -0.3 is 4.74 Å². The molecule has 9 heteroatoms. The molecule has 0 aliphatic carbocycles. The van der Waals surface area contributed by atoms with Crippen molar-refractivity contribution in [3.05, 3.63) is 82.8 Å². The number of anilines is 2. The molecule has 3 aromatic rings. The van der Waals surface area contributed by atoms with Gasteiger partial charge in [0.1, 0.15) is 11.1 Å². The Morgan fingerprint density at radius 2 is 1.81 bits per heavy atom. The van der Waals surface area contributed by atoms with E-state index in [4.69, 9.17) is 4.74 Å². The van der Waals surface area contributed by atoms with Crippen molar-refractivity contribution in [1.29, 1.82) is 0 Å². The lowest BCUT2D eigenvalue weighted by molar-refractivity contribution is -0.115. The predicted molar refractivity (Wildman–Crippen MR) is 132 cm³/mol. The number of nitrogens with zero attached hydrogens (tertiary/aromatic N) is 1. The number of halogens is 1. The minimum absolute atomic E-state index is 0.00464. The first-order valence-corrected chi connectivity index (χ1v) is 13.2. The minimum atomic E-state index is -3.73. The van der Waals surface area contributed by atoms with Gasteiger partial charge >= 0.3 is 0 Å². The Labute approximate surface area is 200 Å². The summed E-state index contributed by atoms with van der Waals surface area (Å²) in [6.07, 6.45) is 0. The van der Waals surface area contributed by atoms with Crippen molar-refractivity contribution in [2.45, 2.75) is 17.2 Å². The van der Waals surface area contributed by atoms with Gasteiger partial charge in [0.2, 0.25) is 5.91 Å². The summed E-state index contributed by atoms with van der Waals surface area (Å²) in [6.45, 7) is 2.49. The number of sulfonamides is 1. The molecular formula is C23H21BrN2O4S2. The van der Waals surface area contributed by atoms with Crippen LogP contribution in [0.25, 0.3) is 0 Å². The molecule has 166 valence electrons. The third-order valence-electron chi connectivity index (χ3n) is 4.84. The van der Waals surface area contributed by atoms with Crippen LogP contribution >= 0.6 is 27.7 Å². The zero-order chi connectivity index (χ0) is 22.7. The van der Waals surface area contributed by atoms with Crippen LogP contribution in [-0.4, -0.2) is 26.7 Å². The highest BCUT2D eigenvalue weighted by molar-refractivity contribution is 9.10. The van der Waals surface area contributed by atoms with Crippen molar-refractivity contribution in [1.82, 2.24) is 0 Å². The number of hydrogen-bond acceptors (Lipinski definition) is 5. The number of amides is 1. The van der Waals surface area contributed by atoms with Gasteiger partial charge in [0, 0.05) is 15.8 Å². The average molecular weight is 533 g/mol. The Morgan fingerprint density at radius 3 is 2.50 bits per heavy atom. The van der Waals surface area contributed by atoms with Gasteiger partial charge in [-0.05, 0) is 73.2 Å². The second kappa shape index (κ2) is 9.56. The van der Waals surface area contributed by atoms with E-state index in [0.717, 1.165) is 21.5 Å². The van der Waals surface area contributed by atoms with Gasteiger partial charge in [-0.15, -0.1) is 11.8 Å². The quantitative estimate of drug-likeness (QED) is 0.439. The zero-order valence-electron chi connectivity index (χ0n) is 17.2. The first-order valence-electron chi connectivity index (χ1n) is 9.92. The molecular weight excluding hydrogens is 512 g/mol. The molecule has 1 amide bonds. The van der Waals surface area contributed by atoms with Crippen LogP contribution in [0.15, 0.2) is 82.2 Å². The maximum atomic E-state index is 12.8. The van der Waals surface area contributed by atoms with Gasteiger partial charge in [-0.25, -0.2) is 8.42 Å². The highest BCUT2D eigenvalue weighted by atomic mass is 79.9. The van der Waals surface area contributed by atoms with Crippen LogP contribution in [0.2, 0.25) is 0 Å². The van der Waals surface area contributed by atoms with Gasteiger partial charge in [-0.2, -0.15) is 0 Å². The smallest absolute Gasteiger partial charge is 0.261 e. The number of carbonyl (C=O) groups excluding carboxylic acids is 1. The average Bonchev–Trinajstić information content (AvgIpc) is 3.16. The Balaban J connectivity index is 1.59. The lowest BCUT2D eigenvalue weighted by Crippen LogP contribution is -2.27. The molecule has 1 aliphatic rings. The summed E-state index contributed by atoms with van der Waals surface area (Å²) < 4.78 is 34.4. The van der Waals surface area contributed by atoms with Crippen molar-refractivity contribution in [3.63, 3.8) is 0 Å². The van der Waals surface area contributed by atoms with Crippen molar-refractivity contribution < 1.29 is 17.9 Å². The van der Waals surface area contributed by atoms with Crippen LogP contribution in [0.3, 0.4) is 0 Å². The lowest BCUT2D eigenvalue weighted by Gasteiger charge is -2.25.